The summed E-state index contributed by atoms with van der Waals surface area (Å²) in [5.41, 5.74) is 0. The maximum atomic E-state index is 13.1. The van der Waals surface area contributed by atoms with Crippen molar-refractivity contribution in [1.29, 1.82) is 0 Å². The van der Waals surface area contributed by atoms with Gasteiger partial charge in [-0.3, -0.25) is 0 Å². The van der Waals surface area contributed by atoms with Crippen molar-refractivity contribution in [2.45, 2.75) is 23.8 Å². The van der Waals surface area contributed by atoms with Gasteiger partial charge in [0.05, 0.1) is 12.0 Å². The van der Waals surface area contributed by atoms with Crippen molar-refractivity contribution in [1.82, 2.24) is 9.62 Å². The Hall–Kier alpha value is -1.19. The van der Waals surface area contributed by atoms with E-state index < -0.39 is 21.9 Å². The second kappa shape index (κ2) is 6.93. The minimum Gasteiger partial charge on any atom is -0.453 e. The van der Waals surface area contributed by atoms with E-state index >= 15 is 0 Å². The van der Waals surface area contributed by atoms with Gasteiger partial charge in [-0.1, -0.05) is 0 Å². The van der Waals surface area contributed by atoms with Gasteiger partial charge < -0.3 is 9.64 Å². The smallest absolute Gasteiger partial charge is 0.409 e. The number of likely N-dealkylation sites (tertiary alicyclic amines) is 1. The van der Waals surface area contributed by atoms with Crippen LogP contribution in [-0.4, -0.2) is 45.7 Å². The number of carbonyl (C=O) groups is 1. The monoisotopic (exact) mass is 394 g/mol. The molecule has 1 heterocycles. The van der Waals surface area contributed by atoms with E-state index in [0.29, 0.717) is 25.9 Å². The summed E-state index contributed by atoms with van der Waals surface area (Å²) in [5, 5.41) is 0. The summed E-state index contributed by atoms with van der Waals surface area (Å²) < 4.78 is 45.1. The van der Waals surface area contributed by atoms with Gasteiger partial charge in [0.2, 0.25) is 10.0 Å². The summed E-state index contributed by atoms with van der Waals surface area (Å²) in [6.07, 6.45) is 0.572. The van der Waals surface area contributed by atoms with E-state index in [-0.39, 0.29) is 15.4 Å². The van der Waals surface area contributed by atoms with Gasteiger partial charge in [0.15, 0.2) is 0 Å². The number of hydrogen-bond donors (Lipinski definition) is 1. The molecule has 0 saturated carbocycles. The molecular formula is C13H16BrFN2O4S. The molecule has 22 heavy (non-hydrogen) atoms. The molecule has 122 valence electrons. The maximum absolute atomic E-state index is 13.1. The normalized spacial score (nSPS) is 16.6. The van der Waals surface area contributed by atoms with Gasteiger partial charge in [-0.2, -0.15) is 0 Å². The molecule has 0 radical (unpaired) electrons. The van der Waals surface area contributed by atoms with E-state index in [1.165, 1.54) is 18.1 Å². The van der Waals surface area contributed by atoms with Gasteiger partial charge in [-0.15, -0.1) is 0 Å². The fourth-order valence-electron chi connectivity index (χ4n) is 2.29. The van der Waals surface area contributed by atoms with Crippen LogP contribution in [0, 0.1) is 5.82 Å². The third-order valence-corrected chi connectivity index (χ3v) is 5.93. The van der Waals surface area contributed by atoms with E-state index in [1.807, 2.05) is 0 Å². The standard InChI is InChI=1S/C13H16BrFN2O4S/c1-21-13(18)17-6-4-10(5-7-17)16-22(19,20)12-3-2-9(15)8-11(12)14/h2-3,8,10,16H,4-7H2,1H3. The number of sulfonamides is 1. The van der Waals surface area contributed by atoms with Crippen LogP contribution in [0.4, 0.5) is 9.18 Å². The van der Waals surface area contributed by atoms with Gasteiger partial charge in [0.1, 0.15) is 5.82 Å². The average Bonchev–Trinajstić information content (AvgIpc) is 2.46. The lowest BCUT2D eigenvalue weighted by Gasteiger charge is -2.31. The number of halogens is 2. The number of benzene rings is 1. The van der Waals surface area contributed by atoms with Crippen molar-refractivity contribution in [3.05, 3.63) is 28.5 Å². The zero-order valence-electron chi connectivity index (χ0n) is 11.9. The van der Waals surface area contributed by atoms with Gasteiger partial charge in [-0.05, 0) is 47.0 Å². The molecule has 2 rings (SSSR count). The Morgan fingerprint density at radius 2 is 2.05 bits per heavy atom. The fraction of sp³-hybridized carbons (Fsp3) is 0.462. The number of amides is 1. The predicted molar refractivity (Wildman–Crippen MR) is 81.4 cm³/mol. The first-order valence-corrected chi connectivity index (χ1v) is 8.91. The molecule has 6 nitrogen and oxygen atoms in total. The largest absolute Gasteiger partial charge is 0.453 e. The van der Waals surface area contributed by atoms with Crippen LogP contribution in [0.25, 0.3) is 0 Å². The molecule has 1 saturated heterocycles. The lowest BCUT2D eigenvalue weighted by molar-refractivity contribution is 0.111. The highest BCUT2D eigenvalue weighted by Crippen LogP contribution is 2.24. The van der Waals surface area contributed by atoms with E-state index in [0.717, 1.165) is 12.1 Å². The van der Waals surface area contributed by atoms with Crippen molar-refractivity contribution in [3.63, 3.8) is 0 Å². The first-order valence-electron chi connectivity index (χ1n) is 6.64. The van der Waals surface area contributed by atoms with Crippen LogP contribution in [0.5, 0.6) is 0 Å². The Bertz CT molecular complexity index is 660. The minimum atomic E-state index is -3.75. The molecule has 0 atom stereocenters. The predicted octanol–water partition coefficient (Wildman–Crippen LogP) is 2.10. The van der Waals surface area contributed by atoms with Crippen molar-refractivity contribution < 1.29 is 22.3 Å². The zero-order valence-corrected chi connectivity index (χ0v) is 14.3. The van der Waals surface area contributed by atoms with Crippen molar-refractivity contribution >= 4 is 32.0 Å². The molecule has 1 N–H and O–H groups in total. The highest BCUT2D eigenvalue weighted by atomic mass is 79.9. The molecule has 0 aromatic heterocycles. The molecule has 0 aliphatic carbocycles. The number of ether oxygens (including phenoxy) is 1. The lowest BCUT2D eigenvalue weighted by atomic mass is 10.1. The Morgan fingerprint density at radius 3 is 2.59 bits per heavy atom. The second-order valence-corrected chi connectivity index (χ2v) is 7.46. The van der Waals surface area contributed by atoms with Crippen LogP contribution < -0.4 is 4.72 Å². The topological polar surface area (TPSA) is 75.7 Å². The fourth-order valence-corrected chi connectivity index (χ4v) is 4.64. The molecule has 0 unspecified atom stereocenters. The van der Waals surface area contributed by atoms with Gasteiger partial charge in [0, 0.05) is 23.6 Å². The Morgan fingerprint density at radius 1 is 1.41 bits per heavy atom. The second-order valence-electron chi connectivity index (χ2n) is 4.93. The minimum absolute atomic E-state index is 0.00991. The molecular weight excluding hydrogens is 379 g/mol. The SMILES string of the molecule is COC(=O)N1CCC(NS(=O)(=O)c2ccc(F)cc2Br)CC1. The summed E-state index contributed by atoms with van der Waals surface area (Å²) in [4.78, 5) is 12.9. The number of methoxy groups -OCH3 is 1. The summed E-state index contributed by atoms with van der Waals surface area (Å²) in [7, 11) is -2.44. The van der Waals surface area contributed by atoms with Crippen molar-refractivity contribution in [3.8, 4) is 0 Å². The van der Waals surface area contributed by atoms with Gasteiger partial charge >= 0.3 is 6.09 Å². The molecule has 1 amide bonds. The van der Waals surface area contributed by atoms with Crippen LogP contribution in [0.2, 0.25) is 0 Å². The molecule has 9 heteroatoms. The summed E-state index contributed by atoms with van der Waals surface area (Å²) in [5.74, 6) is -0.516. The molecule has 1 aliphatic rings. The average molecular weight is 395 g/mol. The van der Waals surface area contributed by atoms with Crippen LogP contribution in [0.15, 0.2) is 27.6 Å². The maximum Gasteiger partial charge on any atom is 0.409 e. The number of nitrogens with one attached hydrogen (secondary N) is 1. The van der Waals surface area contributed by atoms with Gasteiger partial charge in [-0.25, -0.2) is 22.3 Å². The first-order chi connectivity index (χ1) is 10.3. The molecule has 1 fully saturated rings. The first kappa shape index (κ1) is 17.2. The molecule has 1 aliphatic heterocycles. The van der Waals surface area contributed by atoms with Crippen LogP contribution in [0.1, 0.15) is 12.8 Å². The Kier molecular flexibility index (Phi) is 5.41. The van der Waals surface area contributed by atoms with E-state index in [1.54, 1.807) is 0 Å². The quantitative estimate of drug-likeness (QED) is 0.851. The molecule has 1 aromatic carbocycles. The lowest BCUT2D eigenvalue weighted by Crippen LogP contribution is -2.46. The van der Waals surface area contributed by atoms with E-state index in [2.05, 4.69) is 25.4 Å². The third kappa shape index (κ3) is 3.96. The number of piperidine rings is 1. The highest BCUT2D eigenvalue weighted by molar-refractivity contribution is 9.10. The number of rotatable bonds is 3. The third-order valence-electron chi connectivity index (χ3n) is 3.43. The summed E-state index contributed by atoms with van der Waals surface area (Å²) in [6.45, 7) is 0.842. The van der Waals surface area contributed by atoms with Crippen molar-refractivity contribution in [2.24, 2.45) is 0 Å². The van der Waals surface area contributed by atoms with Gasteiger partial charge in [0.25, 0.3) is 0 Å². The molecule has 0 bridgehead atoms. The molecule has 0 spiro atoms. The van der Waals surface area contributed by atoms with Crippen LogP contribution in [0.3, 0.4) is 0 Å². The van der Waals surface area contributed by atoms with Crippen LogP contribution >= 0.6 is 15.9 Å². The highest BCUT2D eigenvalue weighted by Gasteiger charge is 2.27. The number of nitrogens with zero attached hydrogens (tertiary/aromatic N) is 1. The summed E-state index contributed by atoms with van der Waals surface area (Å²) in [6, 6.07) is 3.14. The Balaban J connectivity index is 2.03. The molecule has 1 aromatic rings. The summed E-state index contributed by atoms with van der Waals surface area (Å²) >= 11 is 3.06. The van der Waals surface area contributed by atoms with Crippen molar-refractivity contribution in [2.75, 3.05) is 20.2 Å². The number of carbonyl (C=O) groups excluding carboxylic acids is 1. The van der Waals surface area contributed by atoms with E-state index in [4.69, 9.17) is 0 Å². The van der Waals surface area contributed by atoms with Crippen LogP contribution in [-0.2, 0) is 14.8 Å². The number of hydrogen-bond acceptors (Lipinski definition) is 4. The van der Waals surface area contributed by atoms with E-state index in [9.17, 15) is 17.6 Å². The zero-order chi connectivity index (χ0) is 16.3. The Labute approximate surface area is 136 Å².